The lowest BCUT2D eigenvalue weighted by molar-refractivity contribution is 0.438. The van der Waals surface area contributed by atoms with Gasteiger partial charge in [-0.25, -0.2) is 14.4 Å². The first-order valence-corrected chi connectivity index (χ1v) is 9.19. The average molecular weight is 391 g/mol. The molecule has 0 radical (unpaired) electrons. The molecule has 0 aliphatic carbocycles. The number of fused-ring (bicyclic) bond motifs is 3. The Bertz CT molecular complexity index is 1260. The van der Waals surface area contributed by atoms with Crippen molar-refractivity contribution in [3.05, 3.63) is 47.9 Å². The fourth-order valence-corrected chi connectivity index (χ4v) is 3.51. The van der Waals surface area contributed by atoms with Crippen LogP contribution < -0.4 is 15.4 Å². The van der Waals surface area contributed by atoms with Gasteiger partial charge < -0.3 is 20.4 Å². The lowest BCUT2D eigenvalue weighted by atomic mass is 10.1. The molecule has 0 bridgehead atoms. The van der Waals surface area contributed by atoms with E-state index in [1.807, 2.05) is 0 Å². The maximum absolute atomic E-state index is 14.2. The summed E-state index contributed by atoms with van der Waals surface area (Å²) in [5.74, 6) is 0.760. The molecule has 1 aliphatic rings. The number of rotatable bonds is 4. The monoisotopic (exact) mass is 391 g/mol. The molecule has 0 spiro atoms. The summed E-state index contributed by atoms with van der Waals surface area (Å²) < 4.78 is 20.1. The van der Waals surface area contributed by atoms with E-state index in [-0.39, 0.29) is 11.8 Å². The summed E-state index contributed by atoms with van der Waals surface area (Å²) in [6, 6.07) is 3.12. The Morgan fingerprint density at radius 2 is 2.00 bits per heavy atom. The third-order valence-electron chi connectivity index (χ3n) is 4.85. The van der Waals surface area contributed by atoms with Gasteiger partial charge in [0.15, 0.2) is 5.75 Å². The van der Waals surface area contributed by atoms with E-state index in [9.17, 15) is 4.39 Å². The van der Waals surface area contributed by atoms with E-state index >= 15 is 0 Å². The highest BCUT2D eigenvalue weighted by Crippen LogP contribution is 2.36. The summed E-state index contributed by atoms with van der Waals surface area (Å²) in [6.07, 6.45) is 5.22. The Morgan fingerprint density at radius 1 is 1.17 bits per heavy atom. The van der Waals surface area contributed by atoms with Gasteiger partial charge in [0.05, 0.1) is 34.7 Å². The second kappa shape index (κ2) is 6.78. The number of anilines is 1. The van der Waals surface area contributed by atoms with Crippen LogP contribution in [0.2, 0.25) is 0 Å². The number of H-pyrrole nitrogens is 1. The lowest BCUT2D eigenvalue weighted by Gasteiger charge is -2.08. The van der Waals surface area contributed by atoms with E-state index in [0.29, 0.717) is 35.1 Å². The van der Waals surface area contributed by atoms with Gasteiger partial charge in [0, 0.05) is 25.5 Å². The molecule has 1 aromatic carbocycles. The molecule has 0 amide bonds. The minimum Gasteiger partial charge on any atom is -0.421 e. The zero-order valence-electron chi connectivity index (χ0n) is 15.9. The molecule has 8 nitrogen and oxygen atoms in total. The zero-order chi connectivity index (χ0) is 20.0. The van der Waals surface area contributed by atoms with Gasteiger partial charge in [0.25, 0.3) is 0 Å². The summed E-state index contributed by atoms with van der Waals surface area (Å²) in [6.45, 7) is 3.22. The predicted octanol–water partition coefficient (Wildman–Crippen LogP) is 3.17. The van der Waals surface area contributed by atoms with Crippen molar-refractivity contribution in [3.63, 3.8) is 0 Å². The first-order chi connectivity index (χ1) is 14.1. The molecule has 146 valence electrons. The molecule has 3 N–H and O–H groups in total. The normalized spacial score (nSPS) is 13.8. The van der Waals surface area contributed by atoms with Crippen LogP contribution in [-0.2, 0) is 0 Å². The van der Waals surface area contributed by atoms with Crippen molar-refractivity contribution >= 4 is 33.2 Å². The molecular weight excluding hydrogens is 373 g/mol. The minimum atomic E-state index is -0.329. The lowest BCUT2D eigenvalue weighted by Crippen LogP contribution is -2.08. The van der Waals surface area contributed by atoms with Crippen molar-refractivity contribution in [3.8, 4) is 11.8 Å². The van der Waals surface area contributed by atoms with Gasteiger partial charge in [-0.3, -0.25) is 0 Å². The standard InChI is InChI=1S/C20H18FN7O/c1-10-24-8-13(9-25-10)29-20-27-17(11-3-4-23-7-11)16-14-5-12(21)6-15(22-2)18(14)26-19(16)28-20/h3,5-6,8-9,22-23H,4,7H2,1-2H3,(H,26,27,28). The van der Waals surface area contributed by atoms with Gasteiger partial charge in [-0.15, -0.1) is 0 Å². The van der Waals surface area contributed by atoms with Crippen molar-refractivity contribution in [2.24, 2.45) is 0 Å². The molecule has 3 aromatic heterocycles. The molecule has 0 unspecified atom stereocenters. The Hall–Kier alpha value is -3.59. The van der Waals surface area contributed by atoms with E-state index in [1.54, 1.807) is 26.4 Å². The first-order valence-electron chi connectivity index (χ1n) is 9.19. The van der Waals surface area contributed by atoms with E-state index in [1.165, 1.54) is 12.1 Å². The summed E-state index contributed by atoms with van der Waals surface area (Å²) >= 11 is 0. The molecular formula is C20H18FN7O. The van der Waals surface area contributed by atoms with Crippen LogP contribution in [0.5, 0.6) is 11.8 Å². The maximum atomic E-state index is 14.2. The minimum absolute atomic E-state index is 0.172. The number of nitrogens with one attached hydrogen (secondary N) is 3. The van der Waals surface area contributed by atoms with Crippen molar-refractivity contribution in [1.82, 2.24) is 30.2 Å². The van der Waals surface area contributed by atoms with Crippen LogP contribution in [0.4, 0.5) is 10.1 Å². The molecule has 1 aliphatic heterocycles. The fourth-order valence-electron chi connectivity index (χ4n) is 3.51. The number of ether oxygens (including phenoxy) is 1. The number of halogens is 1. The van der Waals surface area contributed by atoms with E-state index < -0.39 is 0 Å². The summed E-state index contributed by atoms with van der Waals surface area (Å²) in [4.78, 5) is 20.7. The molecule has 5 rings (SSSR count). The summed E-state index contributed by atoms with van der Waals surface area (Å²) in [5, 5.41) is 7.78. The Labute approximate surface area is 165 Å². The predicted molar refractivity (Wildman–Crippen MR) is 109 cm³/mol. The molecule has 4 aromatic rings. The van der Waals surface area contributed by atoms with Crippen molar-refractivity contribution in [2.45, 2.75) is 6.92 Å². The fraction of sp³-hybridized carbons (Fsp3) is 0.200. The maximum Gasteiger partial charge on any atom is 0.324 e. The number of aryl methyl sites for hydroxylation is 1. The molecule has 9 heteroatoms. The first kappa shape index (κ1) is 17.5. The Kier molecular flexibility index (Phi) is 4.09. The van der Waals surface area contributed by atoms with Crippen LogP contribution in [0.15, 0.2) is 30.6 Å². The number of hydrogen-bond acceptors (Lipinski definition) is 7. The average Bonchev–Trinajstić information content (AvgIpc) is 3.36. The SMILES string of the molecule is CNc1cc(F)cc2c1[nH]c1nc(Oc3cnc(C)nc3)nc(C3=CCNC3)c12. The third-order valence-corrected chi connectivity index (χ3v) is 4.85. The smallest absolute Gasteiger partial charge is 0.324 e. The molecule has 0 atom stereocenters. The molecule has 0 fully saturated rings. The van der Waals surface area contributed by atoms with Crippen molar-refractivity contribution in [2.75, 3.05) is 25.5 Å². The second-order valence-corrected chi connectivity index (χ2v) is 6.76. The largest absolute Gasteiger partial charge is 0.421 e. The van der Waals surface area contributed by atoms with Crippen LogP contribution >= 0.6 is 0 Å². The highest BCUT2D eigenvalue weighted by molar-refractivity contribution is 6.13. The van der Waals surface area contributed by atoms with Gasteiger partial charge in [-0.1, -0.05) is 6.08 Å². The number of aromatic nitrogens is 5. The Balaban J connectivity index is 1.74. The number of benzene rings is 1. The van der Waals surface area contributed by atoms with Crippen LogP contribution in [0.3, 0.4) is 0 Å². The summed E-state index contributed by atoms with van der Waals surface area (Å²) in [5.41, 5.74) is 3.71. The van der Waals surface area contributed by atoms with E-state index in [0.717, 1.165) is 28.4 Å². The highest BCUT2D eigenvalue weighted by Gasteiger charge is 2.21. The summed E-state index contributed by atoms with van der Waals surface area (Å²) in [7, 11) is 1.75. The van der Waals surface area contributed by atoms with Gasteiger partial charge in [0.1, 0.15) is 17.3 Å². The van der Waals surface area contributed by atoms with Crippen molar-refractivity contribution in [1.29, 1.82) is 0 Å². The van der Waals surface area contributed by atoms with Gasteiger partial charge in [0.2, 0.25) is 0 Å². The van der Waals surface area contributed by atoms with Crippen LogP contribution in [0.25, 0.3) is 27.5 Å². The third kappa shape index (κ3) is 3.05. The van der Waals surface area contributed by atoms with Crippen LogP contribution in [0.1, 0.15) is 11.5 Å². The van der Waals surface area contributed by atoms with Gasteiger partial charge in [-0.2, -0.15) is 9.97 Å². The zero-order valence-corrected chi connectivity index (χ0v) is 15.9. The number of aromatic amines is 1. The molecule has 4 heterocycles. The number of hydrogen-bond donors (Lipinski definition) is 3. The second-order valence-electron chi connectivity index (χ2n) is 6.76. The van der Waals surface area contributed by atoms with Crippen LogP contribution in [0, 0.1) is 12.7 Å². The van der Waals surface area contributed by atoms with E-state index in [4.69, 9.17) is 4.74 Å². The molecule has 29 heavy (non-hydrogen) atoms. The highest BCUT2D eigenvalue weighted by atomic mass is 19.1. The number of nitrogens with zero attached hydrogens (tertiary/aromatic N) is 4. The van der Waals surface area contributed by atoms with E-state index in [2.05, 4.69) is 41.6 Å². The Morgan fingerprint density at radius 3 is 2.72 bits per heavy atom. The molecule has 0 saturated carbocycles. The van der Waals surface area contributed by atoms with Gasteiger partial charge >= 0.3 is 6.01 Å². The van der Waals surface area contributed by atoms with Gasteiger partial charge in [-0.05, 0) is 24.6 Å². The van der Waals surface area contributed by atoms with Crippen molar-refractivity contribution < 1.29 is 9.13 Å². The molecule has 0 saturated heterocycles. The quantitative estimate of drug-likeness (QED) is 0.491. The van der Waals surface area contributed by atoms with Crippen LogP contribution in [-0.4, -0.2) is 45.1 Å². The topological polar surface area (TPSA) is 101 Å².